The summed E-state index contributed by atoms with van der Waals surface area (Å²) < 4.78 is 0. The first kappa shape index (κ1) is 9.02. The van der Waals surface area contributed by atoms with Crippen molar-refractivity contribution in [2.24, 2.45) is 0 Å². The Kier molecular flexibility index (Phi) is 2.37. The smallest absolute Gasteiger partial charge is 0.0669 e. The highest BCUT2D eigenvalue weighted by molar-refractivity contribution is 5.60. The first-order chi connectivity index (χ1) is 6.81. The first-order valence-electron chi connectivity index (χ1n) is 4.97. The molecule has 0 aromatic heterocycles. The molecular formula is C13H13N. The van der Waals surface area contributed by atoms with E-state index in [9.17, 15) is 0 Å². The topological polar surface area (TPSA) is 23.8 Å². The maximum absolute atomic E-state index is 8.74. The number of hydrogen-bond donors (Lipinski definition) is 0. The van der Waals surface area contributed by atoms with Crippen LogP contribution in [0.5, 0.6) is 0 Å². The van der Waals surface area contributed by atoms with Crippen LogP contribution in [0.4, 0.5) is 0 Å². The number of fused-ring (bicyclic) bond motifs is 1. The quantitative estimate of drug-likeness (QED) is 0.656. The molecule has 0 heterocycles. The highest BCUT2D eigenvalue weighted by atomic mass is 14.2. The van der Waals surface area contributed by atoms with Gasteiger partial charge >= 0.3 is 0 Å². The van der Waals surface area contributed by atoms with Crippen molar-refractivity contribution >= 4 is 6.08 Å². The summed E-state index contributed by atoms with van der Waals surface area (Å²) in [6.07, 6.45) is 7.11. The number of hydrogen-bond acceptors (Lipinski definition) is 1. The average Bonchev–Trinajstić information content (AvgIpc) is 2.18. The standard InChI is InChI=1S/C13H13N/c1-10-8-11-4-2-3-5-13(11)12(9-10)6-7-14/h2,4,8-9H,3,5-6H2,1H3. The van der Waals surface area contributed by atoms with Gasteiger partial charge in [0.15, 0.2) is 0 Å². The fraction of sp³-hybridized carbons (Fsp3) is 0.308. The predicted octanol–water partition coefficient (Wildman–Crippen LogP) is 3.02. The van der Waals surface area contributed by atoms with Crippen molar-refractivity contribution in [3.8, 4) is 6.07 Å². The van der Waals surface area contributed by atoms with Gasteiger partial charge in [0.1, 0.15) is 0 Å². The molecule has 0 N–H and O–H groups in total. The van der Waals surface area contributed by atoms with Crippen molar-refractivity contribution in [1.29, 1.82) is 5.26 Å². The fourth-order valence-electron chi connectivity index (χ4n) is 2.06. The van der Waals surface area contributed by atoms with Gasteiger partial charge < -0.3 is 0 Å². The number of nitriles is 1. The Hall–Kier alpha value is -1.55. The summed E-state index contributed by atoms with van der Waals surface area (Å²) in [6, 6.07) is 6.58. The van der Waals surface area contributed by atoms with Crippen molar-refractivity contribution in [1.82, 2.24) is 0 Å². The molecule has 2 rings (SSSR count). The summed E-state index contributed by atoms with van der Waals surface area (Å²) in [7, 11) is 0. The third-order valence-electron chi connectivity index (χ3n) is 2.65. The summed E-state index contributed by atoms with van der Waals surface area (Å²) in [4.78, 5) is 0. The minimum atomic E-state index is 0.540. The molecule has 1 aliphatic rings. The molecule has 0 spiro atoms. The van der Waals surface area contributed by atoms with Crippen LogP contribution in [0.3, 0.4) is 0 Å². The SMILES string of the molecule is Cc1cc2c(c(CC#N)c1)CCC=C2. The second-order valence-electron chi connectivity index (χ2n) is 3.77. The van der Waals surface area contributed by atoms with E-state index < -0.39 is 0 Å². The Bertz CT molecular complexity index is 422. The van der Waals surface area contributed by atoms with Crippen molar-refractivity contribution < 1.29 is 0 Å². The average molecular weight is 183 g/mol. The normalized spacial score (nSPS) is 13.4. The summed E-state index contributed by atoms with van der Waals surface area (Å²) >= 11 is 0. The molecule has 1 heteroatoms. The van der Waals surface area contributed by atoms with E-state index in [0.717, 1.165) is 12.8 Å². The Labute approximate surface area is 84.7 Å². The summed E-state index contributed by atoms with van der Waals surface area (Å²) in [5.41, 5.74) is 5.15. The molecular weight excluding hydrogens is 170 g/mol. The van der Waals surface area contributed by atoms with Crippen LogP contribution in [-0.2, 0) is 12.8 Å². The van der Waals surface area contributed by atoms with Gasteiger partial charge in [0.2, 0.25) is 0 Å². The lowest BCUT2D eigenvalue weighted by atomic mass is 9.90. The molecule has 0 aliphatic heterocycles. The van der Waals surface area contributed by atoms with Crippen LogP contribution < -0.4 is 0 Å². The summed E-state index contributed by atoms with van der Waals surface area (Å²) in [5.74, 6) is 0. The minimum Gasteiger partial charge on any atom is -0.198 e. The summed E-state index contributed by atoms with van der Waals surface area (Å²) in [5, 5.41) is 8.74. The van der Waals surface area contributed by atoms with E-state index in [1.807, 2.05) is 0 Å². The van der Waals surface area contributed by atoms with Crippen LogP contribution in [0.15, 0.2) is 18.2 Å². The molecule has 0 atom stereocenters. The van der Waals surface area contributed by atoms with Crippen LogP contribution in [0, 0.1) is 18.3 Å². The van der Waals surface area contributed by atoms with E-state index in [1.165, 1.54) is 22.3 Å². The lowest BCUT2D eigenvalue weighted by Crippen LogP contribution is -2.01. The van der Waals surface area contributed by atoms with Gasteiger partial charge in [-0.15, -0.1) is 0 Å². The second kappa shape index (κ2) is 3.67. The number of rotatable bonds is 1. The molecule has 1 aromatic rings. The third kappa shape index (κ3) is 1.56. The fourth-order valence-corrected chi connectivity index (χ4v) is 2.06. The number of aryl methyl sites for hydroxylation is 1. The Morgan fingerprint density at radius 1 is 1.43 bits per heavy atom. The van der Waals surface area contributed by atoms with Gasteiger partial charge in [-0.1, -0.05) is 29.8 Å². The number of allylic oxidation sites excluding steroid dienone is 1. The molecule has 14 heavy (non-hydrogen) atoms. The zero-order valence-electron chi connectivity index (χ0n) is 8.38. The third-order valence-corrected chi connectivity index (χ3v) is 2.65. The Morgan fingerprint density at radius 3 is 3.07 bits per heavy atom. The maximum atomic E-state index is 8.74. The van der Waals surface area contributed by atoms with E-state index in [2.05, 4.69) is 37.3 Å². The number of nitrogens with zero attached hydrogens (tertiary/aromatic N) is 1. The second-order valence-corrected chi connectivity index (χ2v) is 3.77. The molecule has 0 radical (unpaired) electrons. The van der Waals surface area contributed by atoms with Gasteiger partial charge in [-0.3, -0.25) is 0 Å². The minimum absolute atomic E-state index is 0.540. The van der Waals surface area contributed by atoms with Crippen molar-refractivity contribution in [2.45, 2.75) is 26.2 Å². The van der Waals surface area contributed by atoms with Gasteiger partial charge in [0.25, 0.3) is 0 Å². The molecule has 0 unspecified atom stereocenters. The van der Waals surface area contributed by atoms with Crippen LogP contribution in [-0.4, -0.2) is 0 Å². The van der Waals surface area contributed by atoms with E-state index in [1.54, 1.807) is 0 Å². The van der Waals surface area contributed by atoms with Gasteiger partial charge in [0, 0.05) is 0 Å². The zero-order valence-corrected chi connectivity index (χ0v) is 8.38. The number of benzene rings is 1. The van der Waals surface area contributed by atoms with E-state index in [0.29, 0.717) is 6.42 Å². The van der Waals surface area contributed by atoms with Gasteiger partial charge in [0.05, 0.1) is 12.5 Å². The lowest BCUT2D eigenvalue weighted by molar-refractivity contribution is 0.958. The van der Waals surface area contributed by atoms with Crippen LogP contribution in [0.1, 0.15) is 28.7 Å². The van der Waals surface area contributed by atoms with Crippen LogP contribution in [0.25, 0.3) is 6.08 Å². The van der Waals surface area contributed by atoms with Gasteiger partial charge in [-0.25, -0.2) is 0 Å². The Balaban J connectivity index is 2.55. The maximum Gasteiger partial charge on any atom is 0.0669 e. The monoisotopic (exact) mass is 183 g/mol. The van der Waals surface area contributed by atoms with E-state index in [-0.39, 0.29) is 0 Å². The largest absolute Gasteiger partial charge is 0.198 e. The molecule has 0 saturated carbocycles. The Morgan fingerprint density at radius 2 is 2.29 bits per heavy atom. The highest BCUT2D eigenvalue weighted by Crippen LogP contribution is 2.24. The lowest BCUT2D eigenvalue weighted by Gasteiger charge is -2.15. The van der Waals surface area contributed by atoms with Gasteiger partial charge in [-0.05, 0) is 36.5 Å². The molecule has 0 saturated heterocycles. The first-order valence-corrected chi connectivity index (χ1v) is 4.97. The van der Waals surface area contributed by atoms with Crippen LogP contribution in [0.2, 0.25) is 0 Å². The molecule has 70 valence electrons. The molecule has 1 aliphatic carbocycles. The van der Waals surface area contributed by atoms with E-state index in [4.69, 9.17) is 5.26 Å². The molecule has 0 fully saturated rings. The van der Waals surface area contributed by atoms with Crippen molar-refractivity contribution in [2.75, 3.05) is 0 Å². The molecule has 0 amide bonds. The molecule has 0 bridgehead atoms. The summed E-state index contributed by atoms with van der Waals surface area (Å²) in [6.45, 7) is 2.09. The molecule has 1 aromatic carbocycles. The van der Waals surface area contributed by atoms with E-state index >= 15 is 0 Å². The van der Waals surface area contributed by atoms with Crippen molar-refractivity contribution in [3.05, 3.63) is 40.5 Å². The highest BCUT2D eigenvalue weighted by Gasteiger charge is 2.09. The predicted molar refractivity (Wildman–Crippen MR) is 57.9 cm³/mol. The molecule has 1 nitrogen and oxygen atoms in total. The van der Waals surface area contributed by atoms with Crippen molar-refractivity contribution in [3.63, 3.8) is 0 Å². The van der Waals surface area contributed by atoms with Gasteiger partial charge in [-0.2, -0.15) is 5.26 Å². The zero-order chi connectivity index (χ0) is 9.97. The van der Waals surface area contributed by atoms with Crippen LogP contribution >= 0.6 is 0 Å².